The lowest BCUT2D eigenvalue weighted by molar-refractivity contribution is -0.134. The third-order valence-corrected chi connectivity index (χ3v) is 7.77. The summed E-state index contributed by atoms with van der Waals surface area (Å²) in [6.07, 6.45) is 5.41. The van der Waals surface area contributed by atoms with Crippen LogP contribution in [0.5, 0.6) is 0 Å². The fraction of sp³-hybridized carbons (Fsp3) is 0.500. The quantitative estimate of drug-likeness (QED) is 0.620. The second-order valence-electron chi connectivity index (χ2n) is 9.86. The first-order chi connectivity index (χ1) is 16.7. The molecule has 1 saturated carbocycles. The summed E-state index contributed by atoms with van der Waals surface area (Å²) in [6, 6.07) is 18.1. The van der Waals surface area contributed by atoms with Crippen molar-refractivity contribution in [3.8, 4) is 0 Å². The highest BCUT2D eigenvalue weighted by molar-refractivity contribution is 6.09. The number of rotatable bonds is 6. The minimum Gasteiger partial charge on any atom is -0.369 e. The zero-order valence-corrected chi connectivity index (χ0v) is 20.1. The molecule has 5 rings (SSSR count). The summed E-state index contributed by atoms with van der Waals surface area (Å²) in [5.41, 5.74) is 2.57. The van der Waals surface area contributed by atoms with E-state index in [0.717, 1.165) is 64.1 Å². The van der Waals surface area contributed by atoms with Gasteiger partial charge in [0.25, 0.3) is 0 Å². The topological polar surface area (TPSA) is 47.1 Å². The molecule has 6 nitrogen and oxygen atoms in total. The van der Waals surface area contributed by atoms with Gasteiger partial charge in [-0.05, 0) is 37.1 Å². The zero-order chi connectivity index (χ0) is 23.3. The molecule has 0 unspecified atom stereocenters. The number of ketones is 1. The van der Waals surface area contributed by atoms with Crippen LogP contribution in [-0.2, 0) is 4.79 Å². The summed E-state index contributed by atoms with van der Waals surface area (Å²) in [4.78, 5) is 34.8. The first-order valence-electron chi connectivity index (χ1n) is 12.9. The molecule has 0 bridgehead atoms. The fourth-order valence-corrected chi connectivity index (χ4v) is 5.64. The largest absolute Gasteiger partial charge is 0.369 e. The number of piperazine rings is 2. The maximum atomic E-state index is 12.9. The molecule has 1 aliphatic carbocycles. The van der Waals surface area contributed by atoms with Crippen LogP contribution in [0.1, 0.15) is 41.6 Å². The molecular formula is C28H36N4O2. The fourth-order valence-electron chi connectivity index (χ4n) is 5.64. The van der Waals surface area contributed by atoms with Crippen molar-refractivity contribution in [3.05, 3.63) is 65.7 Å². The molecule has 2 heterocycles. The highest BCUT2D eigenvalue weighted by Gasteiger charge is 2.29. The van der Waals surface area contributed by atoms with Gasteiger partial charge in [0.15, 0.2) is 5.78 Å². The van der Waals surface area contributed by atoms with Gasteiger partial charge in [-0.1, -0.05) is 43.2 Å². The SMILES string of the molecule is O=C(c1ccccc1)c1ccc(N2CCN(CC(=O)N3CCN(C4CCCC4)CC3)CC2)cc1. The predicted octanol–water partition coefficient (Wildman–Crippen LogP) is 3.13. The molecule has 2 aliphatic heterocycles. The molecule has 34 heavy (non-hydrogen) atoms. The first-order valence-corrected chi connectivity index (χ1v) is 12.9. The van der Waals surface area contributed by atoms with Crippen molar-refractivity contribution in [2.24, 2.45) is 0 Å². The molecule has 0 N–H and O–H groups in total. The molecule has 1 amide bonds. The molecule has 3 fully saturated rings. The Morgan fingerprint density at radius 3 is 1.97 bits per heavy atom. The summed E-state index contributed by atoms with van der Waals surface area (Å²) in [5, 5.41) is 0. The zero-order valence-electron chi connectivity index (χ0n) is 20.1. The van der Waals surface area contributed by atoms with Gasteiger partial charge in [0.05, 0.1) is 6.54 Å². The molecule has 180 valence electrons. The van der Waals surface area contributed by atoms with Crippen molar-refractivity contribution in [1.29, 1.82) is 0 Å². The molecule has 2 saturated heterocycles. The van der Waals surface area contributed by atoms with Crippen LogP contribution in [0, 0.1) is 0 Å². The van der Waals surface area contributed by atoms with Crippen LogP contribution in [0.4, 0.5) is 5.69 Å². The lowest BCUT2D eigenvalue weighted by atomic mass is 10.0. The molecule has 3 aliphatic rings. The van der Waals surface area contributed by atoms with Crippen molar-refractivity contribution < 1.29 is 9.59 Å². The minimum absolute atomic E-state index is 0.0551. The van der Waals surface area contributed by atoms with Gasteiger partial charge in [0.1, 0.15) is 0 Å². The van der Waals surface area contributed by atoms with Crippen LogP contribution in [0.25, 0.3) is 0 Å². The Morgan fingerprint density at radius 1 is 0.706 bits per heavy atom. The Balaban J connectivity index is 1.07. The van der Waals surface area contributed by atoms with Crippen molar-refractivity contribution in [3.63, 3.8) is 0 Å². The van der Waals surface area contributed by atoms with Gasteiger partial charge in [0, 0.05) is 75.2 Å². The number of amides is 1. The molecular weight excluding hydrogens is 424 g/mol. The number of anilines is 1. The summed E-state index contributed by atoms with van der Waals surface area (Å²) in [5.74, 6) is 0.336. The van der Waals surface area contributed by atoms with Crippen LogP contribution in [0.15, 0.2) is 54.6 Å². The second kappa shape index (κ2) is 10.7. The molecule has 6 heteroatoms. The van der Waals surface area contributed by atoms with Crippen LogP contribution >= 0.6 is 0 Å². The third kappa shape index (κ3) is 5.34. The van der Waals surface area contributed by atoms with Crippen molar-refractivity contribution in [1.82, 2.24) is 14.7 Å². The Morgan fingerprint density at radius 2 is 1.32 bits per heavy atom. The van der Waals surface area contributed by atoms with Gasteiger partial charge in [-0.25, -0.2) is 0 Å². The lowest BCUT2D eigenvalue weighted by Gasteiger charge is -2.40. The number of benzene rings is 2. The van der Waals surface area contributed by atoms with Gasteiger partial charge in [-0.3, -0.25) is 19.4 Å². The number of hydrogen-bond donors (Lipinski definition) is 0. The van der Waals surface area contributed by atoms with Gasteiger partial charge in [0.2, 0.25) is 5.91 Å². The van der Waals surface area contributed by atoms with Crippen LogP contribution in [-0.4, -0.2) is 91.3 Å². The molecule has 0 spiro atoms. The molecule has 2 aromatic carbocycles. The minimum atomic E-state index is 0.0551. The van der Waals surface area contributed by atoms with E-state index in [-0.39, 0.29) is 11.7 Å². The second-order valence-corrected chi connectivity index (χ2v) is 9.86. The van der Waals surface area contributed by atoms with E-state index < -0.39 is 0 Å². The number of nitrogens with zero attached hydrogens (tertiary/aromatic N) is 4. The highest BCUT2D eigenvalue weighted by Crippen LogP contribution is 2.24. The summed E-state index contributed by atoms with van der Waals surface area (Å²) in [6.45, 7) is 7.93. The standard InChI is InChI=1S/C28H36N4O2/c33-27(32-20-18-31(19-21-32)25-8-4-5-9-25)22-29-14-16-30(17-15-29)26-12-10-24(11-13-26)28(34)23-6-2-1-3-7-23/h1-3,6-7,10-13,25H,4-5,8-9,14-22H2. The van der Waals surface area contributed by atoms with Crippen LogP contribution in [0.2, 0.25) is 0 Å². The molecule has 0 atom stereocenters. The average Bonchev–Trinajstić information content (AvgIpc) is 3.45. The van der Waals surface area contributed by atoms with Gasteiger partial charge in [-0.15, -0.1) is 0 Å². The van der Waals surface area contributed by atoms with Crippen LogP contribution < -0.4 is 4.90 Å². The normalized spacial score (nSPS) is 20.6. The Kier molecular flexibility index (Phi) is 7.26. The van der Waals surface area contributed by atoms with Crippen molar-refractivity contribution >= 4 is 17.4 Å². The maximum Gasteiger partial charge on any atom is 0.236 e. The molecule has 2 aromatic rings. The lowest BCUT2D eigenvalue weighted by Crippen LogP contribution is -2.55. The number of hydrogen-bond acceptors (Lipinski definition) is 5. The first kappa shape index (κ1) is 23.1. The van der Waals surface area contributed by atoms with Crippen LogP contribution in [0.3, 0.4) is 0 Å². The Hall–Kier alpha value is -2.70. The monoisotopic (exact) mass is 460 g/mol. The molecule has 0 radical (unpaired) electrons. The highest BCUT2D eigenvalue weighted by atomic mass is 16.2. The smallest absolute Gasteiger partial charge is 0.236 e. The Labute approximate surface area is 203 Å². The molecule has 0 aromatic heterocycles. The van der Waals surface area contributed by atoms with E-state index in [9.17, 15) is 9.59 Å². The van der Waals surface area contributed by atoms with Gasteiger partial charge < -0.3 is 9.80 Å². The number of carbonyl (C=O) groups is 2. The van der Waals surface area contributed by atoms with E-state index in [0.29, 0.717) is 17.7 Å². The van der Waals surface area contributed by atoms with Crippen molar-refractivity contribution in [2.75, 3.05) is 63.8 Å². The maximum absolute atomic E-state index is 12.9. The van der Waals surface area contributed by atoms with E-state index in [2.05, 4.69) is 19.6 Å². The van der Waals surface area contributed by atoms with E-state index in [1.807, 2.05) is 54.6 Å². The van der Waals surface area contributed by atoms with Gasteiger partial charge >= 0.3 is 0 Å². The Bertz CT molecular complexity index is 956. The predicted molar refractivity (Wildman–Crippen MR) is 135 cm³/mol. The third-order valence-electron chi connectivity index (χ3n) is 7.77. The van der Waals surface area contributed by atoms with E-state index in [4.69, 9.17) is 0 Å². The summed E-state index contributed by atoms with van der Waals surface area (Å²) >= 11 is 0. The summed E-state index contributed by atoms with van der Waals surface area (Å²) in [7, 11) is 0. The number of carbonyl (C=O) groups excluding carboxylic acids is 2. The van der Waals surface area contributed by atoms with E-state index >= 15 is 0 Å². The van der Waals surface area contributed by atoms with Gasteiger partial charge in [-0.2, -0.15) is 0 Å². The average molecular weight is 461 g/mol. The van der Waals surface area contributed by atoms with Crippen molar-refractivity contribution in [2.45, 2.75) is 31.7 Å². The van der Waals surface area contributed by atoms with E-state index in [1.165, 1.54) is 25.7 Å². The summed E-state index contributed by atoms with van der Waals surface area (Å²) < 4.78 is 0. The van der Waals surface area contributed by atoms with E-state index in [1.54, 1.807) is 0 Å².